The molecular weight excluding hydrogens is 924 g/mol. The van der Waals surface area contributed by atoms with E-state index in [4.69, 9.17) is 9.05 Å². The average molecular weight is 1050 g/mol. The van der Waals surface area contributed by atoms with E-state index in [2.05, 4.69) is 43.5 Å². The molecule has 73 heavy (non-hydrogen) atoms. The number of likely N-dealkylation sites (N-methyl/N-ethyl adjacent to an activating group) is 1. The first-order chi connectivity index (χ1) is 35.5. The maximum Gasteiger partial charge on any atom is 0.268 e. The highest BCUT2D eigenvalue weighted by Crippen LogP contribution is 2.38. The summed E-state index contributed by atoms with van der Waals surface area (Å²) in [5, 5.41) is 13.9. The number of carbonyl (C=O) groups excluding carboxylic acids is 1. The fourth-order valence-corrected chi connectivity index (χ4v) is 10.3. The predicted octanol–water partition coefficient (Wildman–Crippen LogP) is 19.1. The van der Waals surface area contributed by atoms with Gasteiger partial charge < -0.3 is 28.8 Å². The van der Waals surface area contributed by atoms with E-state index in [0.717, 1.165) is 44.9 Å². The zero-order valence-electron chi connectivity index (χ0n) is 49.4. The number of quaternary nitrogens is 1. The maximum atomic E-state index is 13.0. The molecule has 432 valence electrons. The Balaban J connectivity index is 4.10. The minimum atomic E-state index is -4.60. The Morgan fingerprint density at radius 3 is 1.14 bits per heavy atom. The Morgan fingerprint density at radius 2 is 0.795 bits per heavy atom. The van der Waals surface area contributed by atoms with Crippen molar-refractivity contribution >= 4 is 13.7 Å². The van der Waals surface area contributed by atoms with E-state index < -0.39 is 20.0 Å². The number of phosphoric acid groups is 1. The Morgan fingerprint density at radius 1 is 0.479 bits per heavy atom. The number of unbranched alkanes of at least 4 members (excludes halogenated alkanes) is 42. The fourth-order valence-electron chi connectivity index (χ4n) is 9.60. The number of rotatable bonds is 59. The van der Waals surface area contributed by atoms with Gasteiger partial charge in [0.05, 0.1) is 39.9 Å². The Kier molecular flexibility index (Phi) is 54.5. The molecule has 0 heterocycles. The van der Waals surface area contributed by atoms with Gasteiger partial charge in [0.25, 0.3) is 7.82 Å². The molecule has 1 amide bonds. The minimum absolute atomic E-state index is 0.000640. The van der Waals surface area contributed by atoms with Crippen LogP contribution < -0.4 is 10.2 Å². The zero-order chi connectivity index (χ0) is 53.5. The third-order valence-corrected chi connectivity index (χ3v) is 15.6. The van der Waals surface area contributed by atoms with Crippen LogP contribution in [0.1, 0.15) is 316 Å². The number of hydrogen-bond acceptors (Lipinski definition) is 6. The van der Waals surface area contributed by atoms with E-state index in [1.165, 1.54) is 250 Å². The molecule has 0 aromatic carbocycles. The quantitative estimate of drug-likeness (QED) is 0.0272. The lowest BCUT2D eigenvalue weighted by atomic mass is 10.0. The van der Waals surface area contributed by atoms with Gasteiger partial charge in [0.1, 0.15) is 13.2 Å². The van der Waals surface area contributed by atoms with Crippen LogP contribution in [-0.4, -0.2) is 68.5 Å². The minimum Gasteiger partial charge on any atom is -0.756 e. The summed E-state index contributed by atoms with van der Waals surface area (Å²) in [6.45, 7) is 4.69. The van der Waals surface area contributed by atoms with Gasteiger partial charge >= 0.3 is 0 Å². The molecule has 0 bridgehead atoms. The Hall–Kier alpha value is -1.28. The van der Waals surface area contributed by atoms with Crippen LogP contribution in [0.2, 0.25) is 0 Å². The molecule has 8 nitrogen and oxygen atoms in total. The van der Waals surface area contributed by atoms with Crippen LogP contribution in [0.25, 0.3) is 0 Å². The first kappa shape index (κ1) is 71.7. The summed E-state index contributed by atoms with van der Waals surface area (Å²) in [7, 11) is 1.27. The molecule has 0 rings (SSSR count). The molecule has 0 aromatic rings. The number of amides is 1. The normalized spacial score (nSPS) is 14.0. The number of nitrogens with one attached hydrogen (secondary N) is 1. The number of aliphatic hydroxyl groups excluding tert-OH is 1. The van der Waals surface area contributed by atoms with Gasteiger partial charge in [0.2, 0.25) is 5.91 Å². The van der Waals surface area contributed by atoms with Crippen LogP contribution in [0, 0.1) is 0 Å². The number of hydrogen-bond donors (Lipinski definition) is 2. The van der Waals surface area contributed by atoms with Crippen LogP contribution in [-0.2, 0) is 18.4 Å². The van der Waals surface area contributed by atoms with Gasteiger partial charge in [-0.05, 0) is 51.4 Å². The molecule has 0 aliphatic heterocycles. The van der Waals surface area contributed by atoms with Crippen LogP contribution in [0.15, 0.2) is 36.5 Å². The number of nitrogens with zero attached hydrogens (tertiary/aromatic N) is 1. The highest BCUT2D eigenvalue weighted by molar-refractivity contribution is 7.45. The summed E-state index contributed by atoms with van der Waals surface area (Å²) < 4.78 is 23.4. The van der Waals surface area contributed by atoms with Crippen molar-refractivity contribution in [2.24, 2.45) is 0 Å². The number of phosphoric ester groups is 1. The van der Waals surface area contributed by atoms with E-state index in [0.29, 0.717) is 17.4 Å². The highest BCUT2D eigenvalue weighted by atomic mass is 31.2. The summed E-state index contributed by atoms with van der Waals surface area (Å²) in [6, 6.07) is -0.886. The van der Waals surface area contributed by atoms with Crippen molar-refractivity contribution in [2.45, 2.75) is 328 Å². The van der Waals surface area contributed by atoms with E-state index >= 15 is 0 Å². The first-order valence-corrected chi connectivity index (χ1v) is 33.3. The van der Waals surface area contributed by atoms with Crippen LogP contribution in [0.3, 0.4) is 0 Å². The average Bonchev–Trinajstić information content (AvgIpc) is 3.35. The third-order valence-electron chi connectivity index (χ3n) is 14.6. The molecule has 0 radical (unpaired) electrons. The van der Waals surface area contributed by atoms with Gasteiger partial charge in [-0.25, -0.2) is 0 Å². The molecule has 3 unspecified atom stereocenters. The van der Waals surface area contributed by atoms with Crippen molar-refractivity contribution in [1.29, 1.82) is 0 Å². The first-order valence-electron chi connectivity index (χ1n) is 31.9. The van der Waals surface area contributed by atoms with E-state index in [9.17, 15) is 19.4 Å². The molecule has 2 N–H and O–H groups in total. The summed E-state index contributed by atoms with van der Waals surface area (Å²) in [6.07, 6.45) is 72.3. The lowest BCUT2D eigenvalue weighted by Crippen LogP contribution is -2.45. The summed E-state index contributed by atoms with van der Waals surface area (Å²) in [5.74, 6) is -0.192. The van der Waals surface area contributed by atoms with E-state index in [1.54, 1.807) is 6.08 Å². The lowest BCUT2D eigenvalue weighted by Gasteiger charge is -2.29. The fraction of sp³-hybridized carbons (Fsp3) is 0.891. The van der Waals surface area contributed by atoms with Gasteiger partial charge in [-0.2, -0.15) is 0 Å². The second-order valence-corrected chi connectivity index (χ2v) is 24.5. The molecule has 0 saturated heterocycles. The molecule has 0 saturated carbocycles. The molecule has 0 aliphatic carbocycles. The molecular formula is C64H125N2O6P. The van der Waals surface area contributed by atoms with Gasteiger partial charge in [-0.1, -0.05) is 294 Å². The van der Waals surface area contributed by atoms with Crippen LogP contribution in [0.5, 0.6) is 0 Å². The molecule has 0 aliphatic rings. The van der Waals surface area contributed by atoms with Gasteiger partial charge in [-0.3, -0.25) is 9.36 Å². The molecule has 0 spiro atoms. The van der Waals surface area contributed by atoms with E-state index in [-0.39, 0.29) is 19.1 Å². The van der Waals surface area contributed by atoms with Gasteiger partial charge in [0, 0.05) is 6.42 Å². The smallest absolute Gasteiger partial charge is 0.268 e. The predicted molar refractivity (Wildman–Crippen MR) is 316 cm³/mol. The molecule has 0 fully saturated rings. The second kappa shape index (κ2) is 55.5. The molecule has 9 heteroatoms. The van der Waals surface area contributed by atoms with Crippen molar-refractivity contribution in [1.82, 2.24) is 5.32 Å². The Labute approximate surface area is 455 Å². The van der Waals surface area contributed by atoms with Crippen molar-refractivity contribution < 1.29 is 32.9 Å². The standard InChI is InChI=1S/C64H125N2O6P/c1-6-8-10-12-14-16-18-20-22-24-26-28-30-31-32-33-34-35-36-38-40-42-44-46-48-50-52-54-56-58-64(68)65-62(61-72-73(69,70)71-60-59-66(3,4)5)63(67)57-55-53-51-49-47-45-43-41-39-37-29-27-25-23-21-19-17-15-13-11-9-7-2/h18,20,24,26,55,57,62-63,67H,6-17,19,21-23,25,27-54,56,58-61H2,1-5H3,(H-,65,68,69,70)/b20-18-,26-24-,57-55+. The van der Waals surface area contributed by atoms with Crippen LogP contribution >= 0.6 is 7.82 Å². The van der Waals surface area contributed by atoms with Crippen molar-refractivity contribution in [3.8, 4) is 0 Å². The topological polar surface area (TPSA) is 108 Å². The third kappa shape index (κ3) is 58.2. The number of carbonyl (C=O) groups is 1. The van der Waals surface area contributed by atoms with Gasteiger partial charge in [0.15, 0.2) is 0 Å². The SMILES string of the molecule is CCCCCCC/C=C\C/C=C\CCCCCCCCCCCCCCCCCCCC(=O)NC(COP(=O)([O-])OCC[N+](C)(C)C)C(O)/C=C/CCCCCCCCCCCCCCCCCCCCCC. The lowest BCUT2D eigenvalue weighted by molar-refractivity contribution is -0.870. The summed E-state index contributed by atoms with van der Waals surface area (Å²) in [4.78, 5) is 25.6. The molecule has 0 aromatic heterocycles. The maximum absolute atomic E-state index is 13.0. The van der Waals surface area contributed by atoms with E-state index in [1.807, 2.05) is 27.2 Å². The zero-order valence-corrected chi connectivity index (χ0v) is 50.3. The summed E-state index contributed by atoms with van der Waals surface area (Å²) in [5.41, 5.74) is 0. The largest absolute Gasteiger partial charge is 0.756 e. The van der Waals surface area contributed by atoms with Crippen molar-refractivity contribution in [3.05, 3.63) is 36.5 Å². The van der Waals surface area contributed by atoms with Crippen molar-refractivity contribution in [2.75, 3.05) is 40.9 Å². The second-order valence-electron chi connectivity index (χ2n) is 23.1. The number of aliphatic hydroxyl groups is 1. The van der Waals surface area contributed by atoms with Crippen molar-refractivity contribution in [3.63, 3.8) is 0 Å². The Bertz CT molecular complexity index is 1280. The number of allylic oxidation sites excluding steroid dienone is 5. The highest BCUT2D eigenvalue weighted by Gasteiger charge is 2.23. The van der Waals surface area contributed by atoms with Crippen LogP contribution in [0.4, 0.5) is 0 Å². The molecule has 3 atom stereocenters. The summed E-state index contributed by atoms with van der Waals surface area (Å²) >= 11 is 0. The monoisotopic (exact) mass is 1050 g/mol. The van der Waals surface area contributed by atoms with Gasteiger partial charge in [-0.15, -0.1) is 0 Å².